The van der Waals surface area contributed by atoms with Crippen LogP contribution < -0.4 is 20.7 Å². The van der Waals surface area contributed by atoms with Gasteiger partial charge in [0.05, 0.1) is 17.3 Å². The molecule has 0 spiro atoms. The summed E-state index contributed by atoms with van der Waals surface area (Å²) >= 11 is 6.02. The molecule has 0 bridgehead atoms. The molecule has 3 aromatic rings. The molecule has 31 heavy (non-hydrogen) atoms. The lowest BCUT2D eigenvalue weighted by Crippen LogP contribution is -2.41. The minimum absolute atomic E-state index is 0.106. The Kier molecular flexibility index (Phi) is 6.07. The van der Waals surface area contributed by atoms with Crippen molar-refractivity contribution in [1.29, 1.82) is 0 Å². The maximum Gasteiger partial charge on any atom is 0.431 e. The second kappa shape index (κ2) is 8.42. The molecule has 0 radical (unpaired) electrons. The number of hydrogen-bond acceptors (Lipinski definition) is 5. The average Bonchev–Trinajstić information content (AvgIpc) is 2.68. The summed E-state index contributed by atoms with van der Waals surface area (Å²) in [6, 6.07) is 4.92. The van der Waals surface area contributed by atoms with Gasteiger partial charge in [0, 0.05) is 25.4 Å². The van der Waals surface area contributed by atoms with E-state index in [2.05, 4.69) is 4.98 Å². The van der Waals surface area contributed by atoms with Gasteiger partial charge in [-0.1, -0.05) is 11.6 Å². The highest BCUT2D eigenvalue weighted by molar-refractivity contribution is 6.32. The maximum atomic E-state index is 14.6. The third-order valence-electron chi connectivity index (χ3n) is 4.09. The van der Waals surface area contributed by atoms with Gasteiger partial charge < -0.3 is 9.47 Å². The molecule has 0 aliphatic carbocycles. The molecular formula is C19H14ClF4N3O4. The van der Waals surface area contributed by atoms with E-state index in [4.69, 9.17) is 21.1 Å². The third kappa shape index (κ3) is 4.41. The smallest absolute Gasteiger partial charge is 0.431 e. The molecule has 164 valence electrons. The Hall–Kier alpha value is -3.34. The summed E-state index contributed by atoms with van der Waals surface area (Å²) in [5, 5.41) is -0.218. The van der Waals surface area contributed by atoms with Crippen LogP contribution in [0.3, 0.4) is 0 Å². The van der Waals surface area contributed by atoms with Crippen LogP contribution in [0.4, 0.5) is 17.6 Å². The van der Waals surface area contributed by atoms with E-state index < -0.39 is 34.6 Å². The largest absolute Gasteiger partial charge is 0.475 e. The van der Waals surface area contributed by atoms with E-state index in [1.165, 1.54) is 18.3 Å². The highest BCUT2D eigenvalue weighted by Gasteiger charge is 2.35. The summed E-state index contributed by atoms with van der Waals surface area (Å²) in [4.78, 5) is 28.7. The maximum absolute atomic E-state index is 14.6. The molecule has 0 N–H and O–H groups in total. The molecule has 7 nitrogen and oxygen atoms in total. The third-order valence-corrected chi connectivity index (χ3v) is 4.39. The first-order valence-corrected chi connectivity index (χ1v) is 9.07. The quantitative estimate of drug-likeness (QED) is 0.540. The number of pyridine rings is 1. The van der Waals surface area contributed by atoms with Crippen molar-refractivity contribution in [2.24, 2.45) is 7.05 Å². The van der Waals surface area contributed by atoms with Crippen molar-refractivity contribution in [1.82, 2.24) is 14.1 Å². The molecule has 12 heteroatoms. The SMILES string of the molecule is CCOc1ncccc1Oc1cc(-n2c(=O)cc(C(F)(F)F)n(C)c2=O)c(F)cc1Cl. The Bertz CT molecular complexity index is 1250. The average molecular weight is 460 g/mol. The molecule has 1 aromatic carbocycles. The summed E-state index contributed by atoms with van der Waals surface area (Å²) < 4.78 is 65.1. The van der Waals surface area contributed by atoms with Crippen LogP contribution in [0.5, 0.6) is 17.4 Å². The lowest BCUT2D eigenvalue weighted by Gasteiger charge is -2.16. The van der Waals surface area contributed by atoms with E-state index in [9.17, 15) is 27.2 Å². The Morgan fingerprint density at radius 1 is 1.16 bits per heavy atom. The van der Waals surface area contributed by atoms with Crippen LogP contribution >= 0.6 is 11.6 Å². The van der Waals surface area contributed by atoms with Gasteiger partial charge in [-0.15, -0.1) is 0 Å². The fourth-order valence-electron chi connectivity index (χ4n) is 2.70. The van der Waals surface area contributed by atoms with E-state index in [0.29, 0.717) is 0 Å². The van der Waals surface area contributed by atoms with Crippen molar-refractivity contribution in [2.45, 2.75) is 13.1 Å². The van der Waals surface area contributed by atoms with Crippen LogP contribution in [-0.4, -0.2) is 20.7 Å². The normalized spacial score (nSPS) is 11.5. The first-order valence-electron chi connectivity index (χ1n) is 8.70. The standard InChI is InChI=1S/C19H14ClF4N3O4/c1-3-30-17-13(5-4-6-25-17)31-14-8-12(11(21)7-10(14)20)27-16(28)9-15(19(22,23)24)26(2)18(27)29/h4-9H,3H2,1-2H3. The lowest BCUT2D eigenvalue weighted by atomic mass is 10.2. The second-order valence-corrected chi connectivity index (χ2v) is 6.53. The number of alkyl halides is 3. The number of halogens is 5. The molecule has 0 aliphatic rings. The van der Waals surface area contributed by atoms with E-state index in [0.717, 1.165) is 19.2 Å². The molecule has 0 unspecified atom stereocenters. The predicted molar refractivity (Wildman–Crippen MR) is 103 cm³/mol. The summed E-state index contributed by atoms with van der Waals surface area (Å²) in [5.41, 5.74) is -4.88. The van der Waals surface area contributed by atoms with Crippen molar-refractivity contribution in [3.63, 3.8) is 0 Å². The molecule has 0 aliphatic heterocycles. The van der Waals surface area contributed by atoms with Crippen molar-refractivity contribution in [3.8, 4) is 23.1 Å². The summed E-state index contributed by atoms with van der Waals surface area (Å²) in [6.45, 7) is 1.99. The Labute approximate surface area is 177 Å². The van der Waals surface area contributed by atoms with Gasteiger partial charge in [0.2, 0.25) is 0 Å². The van der Waals surface area contributed by atoms with Crippen molar-refractivity contribution < 1.29 is 27.0 Å². The van der Waals surface area contributed by atoms with Gasteiger partial charge in [-0.25, -0.2) is 18.7 Å². The molecule has 2 heterocycles. The summed E-state index contributed by atoms with van der Waals surface area (Å²) in [6.07, 6.45) is -3.50. The summed E-state index contributed by atoms with van der Waals surface area (Å²) in [7, 11) is 0.816. The number of aromatic nitrogens is 3. The fourth-order valence-corrected chi connectivity index (χ4v) is 2.89. The van der Waals surface area contributed by atoms with Gasteiger partial charge in [0.1, 0.15) is 17.3 Å². The lowest BCUT2D eigenvalue weighted by molar-refractivity contribution is -0.144. The minimum Gasteiger partial charge on any atom is -0.475 e. The van der Waals surface area contributed by atoms with Crippen LogP contribution in [0.25, 0.3) is 5.69 Å². The molecule has 0 atom stereocenters. The van der Waals surface area contributed by atoms with Gasteiger partial charge in [-0.3, -0.25) is 9.36 Å². The molecular weight excluding hydrogens is 446 g/mol. The van der Waals surface area contributed by atoms with E-state index >= 15 is 0 Å². The van der Waals surface area contributed by atoms with E-state index in [-0.39, 0.29) is 44.2 Å². The molecule has 0 amide bonds. The molecule has 3 rings (SSSR count). The number of rotatable bonds is 5. The Balaban J connectivity index is 2.17. The molecule has 2 aromatic heterocycles. The number of hydrogen-bond donors (Lipinski definition) is 0. The van der Waals surface area contributed by atoms with Gasteiger partial charge in [-0.2, -0.15) is 13.2 Å². The van der Waals surface area contributed by atoms with Crippen LogP contribution in [0.15, 0.2) is 46.1 Å². The van der Waals surface area contributed by atoms with Crippen LogP contribution in [0.2, 0.25) is 5.02 Å². The molecule has 0 fully saturated rings. The van der Waals surface area contributed by atoms with Gasteiger partial charge >= 0.3 is 11.9 Å². The van der Waals surface area contributed by atoms with E-state index in [1.54, 1.807) is 6.92 Å². The van der Waals surface area contributed by atoms with Crippen molar-refractivity contribution >= 4 is 11.6 Å². The van der Waals surface area contributed by atoms with Crippen molar-refractivity contribution in [2.75, 3.05) is 6.61 Å². The van der Waals surface area contributed by atoms with Crippen LogP contribution in [0, 0.1) is 5.82 Å². The second-order valence-electron chi connectivity index (χ2n) is 6.12. The number of ether oxygens (including phenoxy) is 2. The molecule has 0 saturated carbocycles. The highest BCUT2D eigenvalue weighted by atomic mass is 35.5. The van der Waals surface area contributed by atoms with Gasteiger partial charge in [-0.05, 0) is 25.1 Å². The fraction of sp³-hybridized carbons (Fsp3) is 0.211. The number of benzene rings is 1. The topological polar surface area (TPSA) is 75.3 Å². The van der Waals surface area contributed by atoms with Crippen LogP contribution in [0.1, 0.15) is 12.6 Å². The van der Waals surface area contributed by atoms with Gasteiger partial charge in [0.15, 0.2) is 5.75 Å². The zero-order valence-electron chi connectivity index (χ0n) is 16.0. The Morgan fingerprint density at radius 3 is 2.52 bits per heavy atom. The highest BCUT2D eigenvalue weighted by Crippen LogP contribution is 2.36. The zero-order valence-corrected chi connectivity index (χ0v) is 16.8. The summed E-state index contributed by atoms with van der Waals surface area (Å²) in [5.74, 6) is -1.08. The monoisotopic (exact) mass is 459 g/mol. The first-order chi connectivity index (χ1) is 14.5. The van der Waals surface area contributed by atoms with Crippen LogP contribution in [-0.2, 0) is 13.2 Å². The Morgan fingerprint density at radius 2 is 1.87 bits per heavy atom. The predicted octanol–water partition coefficient (Wildman–Crippen LogP) is 3.93. The molecule has 0 saturated heterocycles. The van der Waals surface area contributed by atoms with E-state index in [1.807, 2.05) is 0 Å². The minimum atomic E-state index is -4.95. The zero-order chi connectivity index (χ0) is 22.9. The van der Waals surface area contributed by atoms with Crippen molar-refractivity contribution in [3.05, 3.63) is 73.9 Å². The van der Waals surface area contributed by atoms with Gasteiger partial charge in [0.25, 0.3) is 11.4 Å². The first kappa shape index (κ1) is 22.3. The number of nitrogens with zero attached hydrogens (tertiary/aromatic N) is 3.